The summed E-state index contributed by atoms with van der Waals surface area (Å²) >= 11 is 6.23. The van der Waals surface area contributed by atoms with Crippen LogP contribution in [0.1, 0.15) is 13.8 Å². The van der Waals surface area contributed by atoms with Gasteiger partial charge in [0.25, 0.3) is 0 Å². The van der Waals surface area contributed by atoms with Gasteiger partial charge in [0.15, 0.2) is 0 Å². The van der Waals surface area contributed by atoms with Crippen molar-refractivity contribution in [2.45, 2.75) is 13.8 Å². The molecule has 1 N–H and O–H groups in total. The van der Waals surface area contributed by atoms with E-state index in [0.717, 1.165) is 43.4 Å². The third kappa shape index (κ3) is 3.85. The fourth-order valence-electron chi connectivity index (χ4n) is 2.51. The Hall–Kier alpha value is -0.770. The van der Waals surface area contributed by atoms with Crippen molar-refractivity contribution in [1.82, 2.24) is 4.90 Å². The molecule has 0 amide bonds. The average Bonchev–Trinajstić information content (AvgIpc) is 2.40. The van der Waals surface area contributed by atoms with Crippen molar-refractivity contribution < 1.29 is 5.11 Å². The highest BCUT2D eigenvalue weighted by Crippen LogP contribution is 2.26. The normalized spacial score (nSPS) is 17.8. The number of nitrogens with zero attached hydrogens (tertiary/aromatic N) is 2. The number of hydrogen-bond donors (Lipinski definition) is 1. The van der Waals surface area contributed by atoms with Crippen LogP contribution in [0, 0.1) is 5.41 Å². The van der Waals surface area contributed by atoms with E-state index in [2.05, 4.69) is 29.7 Å². The standard InChI is InChI=1S/C15H23ClN2O/c1-15(2,12-19)11-17-7-9-18(10-8-17)14-6-4-3-5-13(14)16/h3-6,19H,7-12H2,1-2H3. The lowest BCUT2D eigenvalue weighted by Gasteiger charge is -2.39. The Labute approximate surface area is 120 Å². The lowest BCUT2D eigenvalue weighted by Crippen LogP contribution is -2.49. The molecular formula is C15H23ClN2O. The molecule has 1 aliphatic heterocycles. The fraction of sp³-hybridized carbons (Fsp3) is 0.600. The summed E-state index contributed by atoms with van der Waals surface area (Å²) < 4.78 is 0. The summed E-state index contributed by atoms with van der Waals surface area (Å²) in [5.74, 6) is 0. The zero-order valence-corrected chi connectivity index (χ0v) is 12.5. The summed E-state index contributed by atoms with van der Waals surface area (Å²) in [5, 5.41) is 10.2. The molecule has 19 heavy (non-hydrogen) atoms. The van der Waals surface area contributed by atoms with E-state index in [1.807, 2.05) is 18.2 Å². The van der Waals surface area contributed by atoms with E-state index in [1.165, 1.54) is 0 Å². The number of aliphatic hydroxyl groups is 1. The lowest BCUT2D eigenvalue weighted by atomic mass is 9.94. The molecule has 0 aliphatic carbocycles. The predicted molar refractivity (Wildman–Crippen MR) is 81.0 cm³/mol. The summed E-state index contributed by atoms with van der Waals surface area (Å²) in [6.07, 6.45) is 0. The van der Waals surface area contributed by atoms with E-state index < -0.39 is 0 Å². The number of aliphatic hydroxyl groups excluding tert-OH is 1. The van der Waals surface area contributed by atoms with Gasteiger partial charge in [0.05, 0.1) is 10.7 Å². The molecule has 106 valence electrons. The van der Waals surface area contributed by atoms with Gasteiger partial charge in [-0.3, -0.25) is 4.90 Å². The van der Waals surface area contributed by atoms with Crippen LogP contribution in [0.15, 0.2) is 24.3 Å². The number of halogens is 1. The minimum absolute atomic E-state index is 0.0213. The van der Waals surface area contributed by atoms with Crippen molar-refractivity contribution in [1.29, 1.82) is 0 Å². The van der Waals surface area contributed by atoms with Crippen molar-refractivity contribution in [2.24, 2.45) is 5.41 Å². The summed E-state index contributed by atoms with van der Waals surface area (Å²) in [7, 11) is 0. The number of anilines is 1. The number of hydrogen-bond acceptors (Lipinski definition) is 3. The summed E-state index contributed by atoms with van der Waals surface area (Å²) in [6, 6.07) is 8.02. The van der Waals surface area contributed by atoms with Gasteiger partial charge in [-0.25, -0.2) is 0 Å². The molecule has 0 unspecified atom stereocenters. The van der Waals surface area contributed by atoms with Crippen LogP contribution in [0.2, 0.25) is 5.02 Å². The molecule has 2 rings (SSSR count). The maximum Gasteiger partial charge on any atom is 0.0639 e. The van der Waals surface area contributed by atoms with Crippen LogP contribution in [-0.4, -0.2) is 49.3 Å². The molecule has 1 aromatic carbocycles. The third-order valence-corrected chi connectivity index (χ3v) is 3.96. The summed E-state index contributed by atoms with van der Waals surface area (Å²) in [6.45, 7) is 9.41. The highest BCUT2D eigenvalue weighted by atomic mass is 35.5. The van der Waals surface area contributed by atoms with Crippen LogP contribution >= 0.6 is 11.6 Å². The molecule has 0 saturated carbocycles. The van der Waals surface area contributed by atoms with Crippen LogP contribution in [0.25, 0.3) is 0 Å². The molecule has 3 nitrogen and oxygen atoms in total. The van der Waals surface area contributed by atoms with E-state index in [1.54, 1.807) is 0 Å². The van der Waals surface area contributed by atoms with Crippen LogP contribution in [0.3, 0.4) is 0 Å². The van der Waals surface area contributed by atoms with Crippen LogP contribution in [0.4, 0.5) is 5.69 Å². The Balaban J connectivity index is 1.91. The first kappa shape index (κ1) is 14.6. The molecule has 1 saturated heterocycles. The van der Waals surface area contributed by atoms with Gasteiger partial charge in [0, 0.05) is 44.7 Å². The van der Waals surface area contributed by atoms with Gasteiger partial charge in [0.2, 0.25) is 0 Å². The van der Waals surface area contributed by atoms with Crippen molar-refractivity contribution in [2.75, 3.05) is 44.2 Å². The second-order valence-corrected chi connectivity index (χ2v) is 6.44. The molecule has 0 atom stereocenters. The molecular weight excluding hydrogens is 260 g/mol. The first-order valence-electron chi connectivity index (χ1n) is 6.84. The van der Waals surface area contributed by atoms with Crippen molar-refractivity contribution >= 4 is 17.3 Å². The lowest BCUT2D eigenvalue weighted by molar-refractivity contribution is 0.0996. The SMILES string of the molecule is CC(C)(CO)CN1CCN(c2ccccc2Cl)CC1. The maximum absolute atomic E-state index is 9.34. The number of benzene rings is 1. The minimum Gasteiger partial charge on any atom is -0.396 e. The van der Waals surface area contributed by atoms with Crippen molar-refractivity contribution in [3.63, 3.8) is 0 Å². The topological polar surface area (TPSA) is 26.7 Å². The molecule has 0 radical (unpaired) electrons. The van der Waals surface area contributed by atoms with Gasteiger partial charge in [-0.15, -0.1) is 0 Å². The molecule has 1 aliphatic rings. The second-order valence-electron chi connectivity index (χ2n) is 6.04. The van der Waals surface area contributed by atoms with Gasteiger partial charge in [-0.2, -0.15) is 0 Å². The minimum atomic E-state index is -0.0213. The van der Waals surface area contributed by atoms with Crippen molar-refractivity contribution in [3.8, 4) is 0 Å². The van der Waals surface area contributed by atoms with Gasteiger partial charge >= 0.3 is 0 Å². The molecule has 1 fully saturated rings. The molecule has 4 heteroatoms. The quantitative estimate of drug-likeness (QED) is 0.919. The van der Waals surface area contributed by atoms with E-state index in [4.69, 9.17) is 11.6 Å². The van der Waals surface area contributed by atoms with Crippen LogP contribution < -0.4 is 4.90 Å². The Kier molecular flexibility index (Phi) is 4.71. The smallest absolute Gasteiger partial charge is 0.0639 e. The first-order valence-corrected chi connectivity index (χ1v) is 7.22. The summed E-state index contributed by atoms with van der Waals surface area (Å²) in [5.41, 5.74) is 1.11. The Morgan fingerprint density at radius 1 is 1.16 bits per heavy atom. The number of rotatable bonds is 4. The van der Waals surface area contributed by atoms with Crippen LogP contribution in [-0.2, 0) is 0 Å². The number of para-hydroxylation sites is 1. The van der Waals surface area contributed by atoms with Crippen molar-refractivity contribution in [3.05, 3.63) is 29.3 Å². The predicted octanol–water partition coefficient (Wildman–Crippen LogP) is 2.48. The number of piperazine rings is 1. The molecule has 0 spiro atoms. The molecule has 0 aromatic heterocycles. The Bertz CT molecular complexity index is 414. The summed E-state index contributed by atoms with van der Waals surface area (Å²) in [4.78, 5) is 4.76. The van der Waals surface area contributed by atoms with E-state index in [9.17, 15) is 5.11 Å². The molecule has 0 bridgehead atoms. The fourth-order valence-corrected chi connectivity index (χ4v) is 2.77. The first-order chi connectivity index (χ1) is 9.02. The second kappa shape index (κ2) is 6.12. The zero-order chi connectivity index (χ0) is 13.9. The highest BCUT2D eigenvalue weighted by Gasteiger charge is 2.24. The van der Waals surface area contributed by atoms with Gasteiger partial charge in [0.1, 0.15) is 0 Å². The monoisotopic (exact) mass is 282 g/mol. The Morgan fingerprint density at radius 2 is 1.79 bits per heavy atom. The van der Waals surface area contributed by atoms with Gasteiger partial charge < -0.3 is 10.0 Å². The van der Waals surface area contributed by atoms with Gasteiger partial charge in [-0.1, -0.05) is 37.6 Å². The zero-order valence-electron chi connectivity index (χ0n) is 11.8. The molecule has 1 aromatic rings. The largest absolute Gasteiger partial charge is 0.396 e. The van der Waals surface area contributed by atoms with Crippen LogP contribution in [0.5, 0.6) is 0 Å². The highest BCUT2D eigenvalue weighted by molar-refractivity contribution is 6.33. The van der Waals surface area contributed by atoms with E-state index in [0.29, 0.717) is 0 Å². The van der Waals surface area contributed by atoms with E-state index in [-0.39, 0.29) is 12.0 Å². The third-order valence-electron chi connectivity index (χ3n) is 3.65. The van der Waals surface area contributed by atoms with E-state index >= 15 is 0 Å². The molecule has 1 heterocycles. The average molecular weight is 283 g/mol. The van der Waals surface area contributed by atoms with Gasteiger partial charge in [-0.05, 0) is 12.1 Å². The Morgan fingerprint density at radius 3 is 2.37 bits per heavy atom. The maximum atomic E-state index is 9.34.